The molecular formula is C17H15FN4O3S. The molecule has 2 N–H and O–H groups in total. The topological polar surface area (TPSA) is 93.1 Å². The van der Waals surface area contributed by atoms with E-state index in [1.807, 2.05) is 0 Å². The van der Waals surface area contributed by atoms with E-state index in [1.54, 1.807) is 24.0 Å². The zero-order valence-corrected chi connectivity index (χ0v) is 14.5. The minimum absolute atomic E-state index is 0.0594. The van der Waals surface area contributed by atoms with E-state index in [0.29, 0.717) is 11.4 Å². The molecule has 1 heterocycles. The first-order chi connectivity index (χ1) is 12.3. The number of hydrogen-bond donors (Lipinski definition) is 2. The number of carbonyl (C=O) groups is 1. The van der Waals surface area contributed by atoms with Crippen molar-refractivity contribution < 1.29 is 17.6 Å². The van der Waals surface area contributed by atoms with Gasteiger partial charge < -0.3 is 5.32 Å². The number of aromatic nitrogens is 2. The van der Waals surface area contributed by atoms with Gasteiger partial charge in [0.2, 0.25) is 0 Å². The normalized spacial score (nSPS) is 11.2. The summed E-state index contributed by atoms with van der Waals surface area (Å²) in [6.45, 7) is 0. The second-order valence-corrected chi connectivity index (χ2v) is 7.15. The van der Waals surface area contributed by atoms with E-state index in [4.69, 9.17) is 0 Å². The van der Waals surface area contributed by atoms with Crippen LogP contribution in [0, 0.1) is 5.82 Å². The lowest BCUT2D eigenvalue weighted by Gasteiger charge is -2.09. The number of halogens is 1. The van der Waals surface area contributed by atoms with Gasteiger partial charge >= 0.3 is 0 Å². The number of hydrogen-bond acceptors (Lipinski definition) is 4. The largest absolute Gasteiger partial charge is 0.305 e. The molecule has 0 bridgehead atoms. The smallest absolute Gasteiger partial charge is 0.261 e. The van der Waals surface area contributed by atoms with Crippen LogP contribution in [0.1, 0.15) is 10.4 Å². The number of sulfonamides is 1. The molecule has 3 aromatic rings. The third-order valence-corrected chi connectivity index (χ3v) is 4.88. The molecule has 1 aromatic heterocycles. The lowest BCUT2D eigenvalue weighted by atomic mass is 10.2. The van der Waals surface area contributed by atoms with Crippen molar-refractivity contribution in [3.63, 3.8) is 0 Å². The Kier molecular flexibility index (Phi) is 4.72. The molecule has 26 heavy (non-hydrogen) atoms. The number of aryl methyl sites for hydroxylation is 1. The molecule has 3 rings (SSSR count). The summed E-state index contributed by atoms with van der Waals surface area (Å²) in [7, 11) is -2.11. The molecule has 0 unspecified atom stereocenters. The third kappa shape index (κ3) is 4.06. The Labute approximate surface area is 149 Å². The quantitative estimate of drug-likeness (QED) is 0.718. The summed E-state index contributed by atoms with van der Waals surface area (Å²) in [4.78, 5) is 12.1. The average molecular weight is 374 g/mol. The second kappa shape index (κ2) is 6.96. The van der Waals surface area contributed by atoms with Crippen LogP contribution in [0.25, 0.3) is 0 Å². The van der Waals surface area contributed by atoms with Gasteiger partial charge in [-0.25, -0.2) is 12.8 Å². The van der Waals surface area contributed by atoms with Gasteiger partial charge in [-0.1, -0.05) is 0 Å². The molecule has 0 radical (unpaired) electrons. The summed E-state index contributed by atoms with van der Waals surface area (Å²) >= 11 is 0. The van der Waals surface area contributed by atoms with Gasteiger partial charge in [-0.15, -0.1) is 0 Å². The van der Waals surface area contributed by atoms with Gasteiger partial charge in [0.15, 0.2) is 5.82 Å². The van der Waals surface area contributed by atoms with Crippen molar-refractivity contribution in [1.29, 1.82) is 0 Å². The van der Waals surface area contributed by atoms with Crippen molar-refractivity contribution in [2.75, 3.05) is 10.0 Å². The zero-order valence-electron chi connectivity index (χ0n) is 13.7. The Morgan fingerprint density at radius 3 is 2.27 bits per heavy atom. The van der Waals surface area contributed by atoms with Crippen LogP contribution in [0.3, 0.4) is 0 Å². The molecule has 9 heteroatoms. The van der Waals surface area contributed by atoms with Crippen LogP contribution in [0.4, 0.5) is 15.9 Å². The van der Waals surface area contributed by atoms with E-state index in [-0.39, 0.29) is 16.5 Å². The van der Waals surface area contributed by atoms with E-state index in [2.05, 4.69) is 15.1 Å². The van der Waals surface area contributed by atoms with Crippen LogP contribution >= 0.6 is 0 Å². The lowest BCUT2D eigenvalue weighted by molar-refractivity contribution is 0.102. The highest BCUT2D eigenvalue weighted by Crippen LogP contribution is 2.17. The molecule has 7 nitrogen and oxygen atoms in total. The summed E-state index contributed by atoms with van der Waals surface area (Å²) in [5.41, 5.74) is 0.629. The predicted molar refractivity (Wildman–Crippen MR) is 94.8 cm³/mol. The monoisotopic (exact) mass is 374 g/mol. The standard InChI is InChI=1S/C17H15FN4O3S/c1-22-11-10-16(20-22)19-17(23)12-2-6-14(7-3-12)21-26(24,25)15-8-4-13(18)5-9-15/h2-11,21H,1H3,(H,19,20,23). The molecule has 0 aliphatic heterocycles. The molecule has 0 atom stereocenters. The van der Waals surface area contributed by atoms with E-state index >= 15 is 0 Å². The fourth-order valence-electron chi connectivity index (χ4n) is 2.19. The van der Waals surface area contributed by atoms with Crippen molar-refractivity contribution in [1.82, 2.24) is 9.78 Å². The summed E-state index contributed by atoms with van der Waals surface area (Å²) in [5.74, 6) is -0.470. The molecule has 0 fully saturated rings. The minimum atomic E-state index is -3.84. The van der Waals surface area contributed by atoms with E-state index in [0.717, 1.165) is 12.1 Å². The second-order valence-electron chi connectivity index (χ2n) is 5.47. The molecule has 0 spiro atoms. The Bertz CT molecular complexity index is 1030. The van der Waals surface area contributed by atoms with Gasteiger partial charge in [-0.2, -0.15) is 5.10 Å². The molecule has 1 amide bonds. The molecule has 0 aliphatic carbocycles. The first kappa shape index (κ1) is 17.6. The number of anilines is 2. The maximum absolute atomic E-state index is 12.9. The minimum Gasteiger partial charge on any atom is -0.305 e. The molecular weight excluding hydrogens is 359 g/mol. The van der Waals surface area contributed by atoms with Crippen LogP contribution < -0.4 is 10.0 Å². The fourth-order valence-corrected chi connectivity index (χ4v) is 3.25. The van der Waals surface area contributed by atoms with Crippen molar-refractivity contribution in [3.8, 4) is 0 Å². The highest BCUT2D eigenvalue weighted by atomic mass is 32.2. The zero-order chi connectivity index (χ0) is 18.7. The maximum atomic E-state index is 12.9. The first-order valence-electron chi connectivity index (χ1n) is 7.53. The van der Waals surface area contributed by atoms with Crippen molar-refractivity contribution >= 4 is 27.4 Å². The highest BCUT2D eigenvalue weighted by molar-refractivity contribution is 7.92. The molecule has 134 valence electrons. The number of nitrogens with one attached hydrogen (secondary N) is 2. The number of carbonyl (C=O) groups excluding carboxylic acids is 1. The Morgan fingerprint density at radius 1 is 1.04 bits per heavy atom. The summed E-state index contributed by atoms with van der Waals surface area (Å²) in [6, 6.07) is 12.0. The lowest BCUT2D eigenvalue weighted by Crippen LogP contribution is -2.14. The Hall–Kier alpha value is -3.20. The Morgan fingerprint density at radius 2 is 1.69 bits per heavy atom. The predicted octanol–water partition coefficient (Wildman–Crippen LogP) is 2.61. The van der Waals surface area contributed by atoms with E-state index < -0.39 is 15.8 Å². The molecule has 2 aromatic carbocycles. The van der Waals surface area contributed by atoms with Crippen LogP contribution in [0.5, 0.6) is 0 Å². The average Bonchev–Trinajstić information content (AvgIpc) is 3.00. The maximum Gasteiger partial charge on any atom is 0.261 e. The summed E-state index contributed by atoms with van der Waals surface area (Å²) in [5, 5.41) is 6.68. The van der Waals surface area contributed by atoms with Gasteiger partial charge in [0.1, 0.15) is 5.82 Å². The number of benzene rings is 2. The Balaban J connectivity index is 1.71. The number of rotatable bonds is 5. The van der Waals surface area contributed by atoms with Gasteiger partial charge in [0.05, 0.1) is 4.90 Å². The summed E-state index contributed by atoms with van der Waals surface area (Å²) in [6.07, 6.45) is 1.70. The van der Waals surface area contributed by atoms with Crippen LogP contribution in [0.2, 0.25) is 0 Å². The van der Waals surface area contributed by atoms with Gasteiger partial charge in [0.25, 0.3) is 15.9 Å². The molecule has 0 saturated carbocycles. The number of amides is 1. The van der Waals surface area contributed by atoms with E-state index in [9.17, 15) is 17.6 Å². The van der Waals surface area contributed by atoms with Crippen molar-refractivity contribution in [3.05, 3.63) is 72.2 Å². The van der Waals surface area contributed by atoms with Gasteiger partial charge in [0, 0.05) is 30.6 Å². The van der Waals surface area contributed by atoms with Crippen LogP contribution in [-0.2, 0) is 17.1 Å². The third-order valence-electron chi connectivity index (χ3n) is 3.48. The van der Waals surface area contributed by atoms with Gasteiger partial charge in [-0.05, 0) is 48.5 Å². The van der Waals surface area contributed by atoms with Crippen molar-refractivity contribution in [2.24, 2.45) is 7.05 Å². The van der Waals surface area contributed by atoms with Gasteiger partial charge in [-0.3, -0.25) is 14.2 Å². The van der Waals surface area contributed by atoms with Crippen LogP contribution in [0.15, 0.2) is 65.7 Å². The first-order valence-corrected chi connectivity index (χ1v) is 9.01. The van der Waals surface area contributed by atoms with Crippen molar-refractivity contribution in [2.45, 2.75) is 4.90 Å². The van der Waals surface area contributed by atoms with Crippen LogP contribution in [-0.4, -0.2) is 24.1 Å². The van der Waals surface area contributed by atoms with E-state index in [1.165, 1.54) is 36.4 Å². The SMILES string of the molecule is Cn1ccc(NC(=O)c2ccc(NS(=O)(=O)c3ccc(F)cc3)cc2)n1. The fraction of sp³-hybridized carbons (Fsp3) is 0.0588. The molecule has 0 aliphatic rings. The summed E-state index contributed by atoms with van der Waals surface area (Å²) < 4.78 is 41.4. The molecule has 0 saturated heterocycles. The number of nitrogens with zero attached hydrogens (tertiary/aromatic N) is 2. The highest BCUT2D eigenvalue weighted by Gasteiger charge is 2.15.